The van der Waals surface area contributed by atoms with Gasteiger partial charge in [0.05, 0.1) is 12.6 Å². The fourth-order valence-corrected chi connectivity index (χ4v) is 2.02. The van der Waals surface area contributed by atoms with Gasteiger partial charge in [-0.2, -0.15) is 0 Å². The van der Waals surface area contributed by atoms with Crippen molar-refractivity contribution in [3.63, 3.8) is 0 Å². The molecule has 2 atom stereocenters. The molecule has 0 aromatic carbocycles. The van der Waals surface area contributed by atoms with E-state index < -0.39 is 24.6 Å². The molecule has 1 heterocycles. The maximum atomic E-state index is 11.5. The van der Waals surface area contributed by atoms with Gasteiger partial charge in [0, 0.05) is 11.1 Å². The molecule has 0 aliphatic carbocycles. The van der Waals surface area contributed by atoms with Crippen molar-refractivity contribution in [2.45, 2.75) is 25.9 Å². The van der Waals surface area contributed by atoms with Crippen molar-refractivity contribution in [3.05, 3.63) is 16.1 Å². The number of aliphatic hydroxyl groups excluding tert-OH is 1. The number of aryl methyl sites for hydroxylation is 1. The van der Waals surface area contributed by atoms with Crippen LogP contribution in [-0.2, 0) is 4.79 Å². The van der Waals surface area contributed by atoms with Gasteiger partial charge in [0.15, 0.2) is 6.04 Å². The lowest BCUT2D eigenvalue weighted by atomic mass is 10.3. The van der Waals surface area contributed by atoms with Crippen LogP contribution < -0.4 is 10.6 Å². The molecule has 0 saturated heterocycles. The number of hydrogen-bond acceptors (Lipinski definition) is 5. The minimum Gasteiger partial charge on any atom is -0.480 e. The summed E-state index contributed by atoms with van der Waals surface area (Å²) in [5.74, 6) is -1.29. The molecule has 0 saturated carbocycles. The number of carboxylic acids is 1. The second-order valence-corrected chi connectivity index (χ2v) is 4.63. The van der Waals surface area contributed by atoms with Crippen molar-refractivity contribution in [2.75, 3.05) is 6.61 Å². The summed E-state index contributed by atoms with van der Waals surface area (Å²) in [7, 11) is 0. The molecule has 0 aliphatic rings. The topological polar surface area (TPSA) is 112 Å². The maximum Gasteiger partial charge on any atom is 0.328 e. The van der Waals surface area contributed by atoms with E-state index in [1.807, 2.05) is 12.3 Å². The van der Waals surface area contributed by atoms with E-state index in [1.54, 1.807) is 6.92 Å². The zero-order valence-electron chi connectivity index (χ0n) is 10.0. The van der Waals surface area contributed by atoms with E-state index in [2.05, 4.69) is 15.6 Å². The Balaban J connectivity index is 2.52. The normalized spacial score (nSPS) is 13.7. The lowest BCUT2D eigenvalue weighted by Gasteiger charge is -2.15. The fourth-order valence-electron chi connectivity index (χ4n) is 1.21. The molecule has 100 valence electrons. The average Bonchev–Trinajstić information content (AvgIpc) is 2.72. The van der Waals surface area contributed by atoms with E-state index in [4.69, 9.17) is 10.2 Å². The van der Waals surface area contributed by atoms with Crippen LogP contribution >= 0.6 is 11.3 Å². The summed E-state index contributed by atoms with van der Waals surface area (Å²) < 4.78 is 0. The highest BCUT2D eigenvalue weighted by Gasteiger charge is 2.20. The van der Waals surface area contributed by atoms with E-state index in [-0.39, 0.29) is 6.04 Å². The number of nitrogens with one attached hydrogen (secondary N) is 2. The number of carboxylic acid groups (broad SMARTS) is 1. The van der Waals surface area contributed by atoms with Gasteiger partial charge in [-0.1, -0.05) is 0 Å². The first-order valence-electron chi connectivity index (χ1n) is 5.26. The molecule has 18 heavy (non-hydrogen) atoms. The third-order valence-corrected chi connectivity index (χ3v) is 3.29. The van der Waals surface area contributed by atoms with Gasteiger partial charge in [-0.05, 0) is 13.8 Å². The summed E-state index contributed by atoms with van der Waals surface area (Å²) in [5, 5.41) is 24.7. The number of thiazole rings is 1. The molecular weight excluding hydrogens is 258 g/mol. The van der Waals surface area contributed by atoms with Gasteiger partial charge in [0.2, 0.25) is 0 Å². The van der Waals surface area contributed by atoms with Gasteiger partial charge >= 0.3 is 12.0 Å². The van der Waals surface area contributed by atoms with E-state index in [0.717, 1.165) is 10.7 Å². The van der Waals surface area contributed by atoms with Crippen molar-refractivity contribution in [3.8, 4) is 0 Å². The quantitative estimate of drug-likeness (QED) is 0.615. The summed E-state index contributed by atoms with van der Waals surface area (Å²) in [5.41, 5.74) is 0.864. The lowest BCUT2D eigenvalue weighted by Crippen LogP contribution is -2.48. The Labute approximate surface area is 108 Å². The SMILES string of the molecule is Cc1csc(C(C)NC(=O)N[C@@H](CO)C(=O)O)n1. The Hall–Kier alpha value is -1.67. The van der Waals surface area contributed by atoms with Crippen molar-refractivity contribution < 1.29 is 19.8 Å². The average molecular weight is 273 g/mol. The number of aliphatic hydroxyl groups is 1. The highest BCUT2D eigenvalue weighted by atomic mass is 32.1. The van der Waals surface area contributed by atoms with Crippen LogP contribution in [0.1, 0.15) is 23.7 Å². The number of amides is 2. The van der Waals surface area contributed by atoms with Crippen molar-refractivity contribution in [1.82, 2.24) is 15.6 Å². The molecular formula is C10H15N3O4S. The van der Waals surface area contributed by atoms with Crippen LogP contribution in [0.4, 0.5) is 4.79 Å². The van der Waals surface area contributed by atoms with E-state index >= 15 is 0 Å². The molecule has 1 aromatic rings. The van der Waals surface area contributed by atoms with Crippen LogP contribution in [0.15, 0.2) is 5.38 Å². The van der Waals surface area contributed by atoms with Gasteiger partial charge in [-0.25, -0.2) is 14.6 Å². The van der Waals surface area contributed by atoms with Crippen LogP contribution in [-0.4, -0.2) is 39.8 Å². The van der Waals surface area contributed by atoms with Gasteiger partial charge in [-0.3, -0.25) is 0 Å². The zero-order chi connectivity index (χ0) is 13.7. The Morgan fingerprint density at radius 3 is 2.61 bits per heavy atom. The number of carbonyl (C=O) groups is 2. The first kappa shape index (κ1) is 14.4. The Bertz CT molecular complexity index is 435. The predicted molar refractivity (Wildman–Crippen MR) is 65.4 cm³/mol. The Morgan fingerprint density at radius 1 is 1.50 bits per heavy atom. The molecule has 0 spiro atoms. The first-order chi connectivity index (χ1) is 8.43. The van der Waals surface area contributed by atoms with Crippen LogP contribution in [0.5, 0.6) is 0 Å². The molecule has 7 nitrogen and oxygen atoms in total. The molecule has 1 aromatic heterocycles. The fraction of sp³-hybridized carbons (Fsp3) is 0.500. The van der Waals surface area contributed by atoms with Crippen LogP contribution in [0.3, 0.4) is 0 Å². The zero-order valence-corrected chi connectivity index (χ0v) is 10.8. The minimum absolute atomic E-state index is 0.322. The summed E-state index contributed by atoms with van der Waals surface area (Å²) in [6.45, 7) is 2.93. The van der Waals surface area contributed by atoms with Crippen LogP contribution in [0.2, 0.25) is 0 Å². The molecule has 1 rings (SSSR count). The number of carbonyl (C=O) groups excluding carboxylic acids is 1. The van der Waals surface area contributed by atoms with E-state index in [9.17, 15) is 9.59 Å². The Kier molecular flexibility index (Phi) is 5.05. The molecule has 0 fully saturated rings. The number of urea groups is 1. The molecule has 2 amide bonds. The second kappa shape index (κ2) is 6.31. The third kappa shape index (κ3) is 3.97. The number of aromatic nitrogens is 1. The largest absolute Gasteiger partial charge is 0.480 e. The van der Waals surface area contributed by atoms with Gasteiger partial charge in [-0.15, -0.1) is 11.3 Å². The van der Waals surface area contributed by atoms with E-state index in [0.29, 0.717) is 0 Å². The maximum absolute atomic E-state index is 11.5. The minimum atomic E-state index is -1.31. The van der Waals surface area contributed by atoms with Crippen LogP contribution in [0.25, 0.3) is 0 Å². The number of hydrogen-bond donors (Lipinski definition) is 4. The monoisotopic (exact) mass is 273 g/mol. The standard InChI is InChI=1S/C10H15N3O4S/c1-5-4-18-8(11-5)6(2)12-10(17)13-7(3-14)9(15)16/h4,6-7,14H,3H2,1-2H3,(H,15,16)(H2,12,13,17)/t6?,7-/m0/s1. The number of rotatable bonds is 5. The molecule has 8 heteroatoms. The molecule has 0 bridgehead atoms. The first-order valence-corrected chi connectivity index (χ1v) is 6.14. The van der Waals surface area contributed by atoms with Crippen molar-refractivity contribution in [2.24, 2.45) is 0 Å². The Morgan fingerprint density at radius 2 is 2.17 bits per heavy atom. The summed E-state index contributed by atoms with van der Waals surface area (Å²) in [6.07, 6.45) is 0. The molecule has 0 aliphatic heterocycles. The third-order valence-electron chi connectivity index (χ3n) is 2.14. The van der Waals surface area contributed by atoms with Crippen molar-refractivity contribution >= 4 is 23.3 Å². The summed E-state index contributed by atoms with van der Waals surface area (Å²) >= 11 is 1.41. The molecule has 1 unspecified atom stereocenters. The summed E-state index contributed by atoms with van der Waals surface area (Å²) in [6, 6.07) is -2.29. The highest BCUT2D eigenvalue weighted by Crippen LogP contribution is 2.16. The smallest absolute Gasteiger partial charge is 0.328 e. The van der Waals surface area contributed by atoms with Gasteiger partial charge in [0.1, 0.15) is 5.01 Å². The highest BCUT2D eigenvalue weighted by molar-refractivity contribution is 7.09. The number of aliphatic carboxylic acids is 1. The predicted octanol–water partition coefficient (Wildman–Crippen LogP) is 0.257. The van der Waals surface area contributed by atoms with Gasteiger partial charge < -0.3 is 20.8 Å². The van der Waals surface area contributed by atoms with Gasteiger partial charge in [0.25, 0.3) is 0 Å². The van der Waals surface area contributed by atoms with E-state index in [1.165, 1.54) is 11.3 Å². The number of nitrogens with zero attached hydrogens (tertiary/aromatic N) is 1. The van der Waals surface area contributed by atoms with Crippen LogP contribution in [0, 0.1) is 6.92 Å². The van der Waals surface area contributed by atoms with Crippen molar-refractivity contribution in [1.29, 1.82) is 0 Å². The molecule has 0 radical (unpaired) electrons. The second-order valence-electron chi connectivity index (χ2n) is 3.74. The lowest BCUT2D eigenvalue weighted by molar-refractivity contribution is -0.140. The molecule has 4 N–H and O–H groups in total. The summed E-state index contributed by atoms with van der Waals surface area (Å²) in [4.78, 5) is 26.3.